The van der Waals surface area contributed by atoms with Gasteiger partial charge in [-0.15, -0.1) is 0 Å². The monoisotopic (exact) mass is 761 g/mol. The van der Waals surface area contributed by atoms with Crippen LogP contribution in [0.5, 0.6) is 0 Å². The van der Waals surface area contributed by atoms with Crippen molar-refractivity contribution in [2.24, 2.45) is 0 Å². The van der Waals surface area contributed by atoms with Crippen molar-refractivity contribution >= 4 is 54.4 Å². The van der Waals surface area contributed by atoms with E-state index >= 15 is 0 Å². The predicted molar refractivity (Wildman–Crippen MR) is 251 cm³/mol. The topological polar surface area (TPSA) is 22.8 Å². The first-order valence-corrected chi connectivity index (χ1v) is 20.6. The van der Waals surface area contributed by atoms with E-state index in [4.69, 9.17) is 4.98 Å². The van der Waals surface area contributed by atoms with Gasteiger partial charge in [0.15, 0.2) is 0 Å². The average molecular weight is 762 g/mol. The van der Waals surface area contributed by atoms with Crippen LogP contribution in [0.1, 0.15) is 0 Å². The predicted octanol–water partition coefficient (Wildman–Crippen LogP) is 15.1. The summed E-state index contributed by atoms with van der Waals surface area (Å²) >= 11 is 0. The van der Waals surface area contributed by atoms with Gasteiger partial charge in [0, 0.05) is 49.4 Å². The van der Waals surface area contributed by atoms with E-state index in [9.17, 15) is 0 Å². The maximum Gasteiger partial charge on any atom is 0.0800 e. The molecule has 0 spiro atoms. The summed E-state index contributed by atoms with van der Waals surface area (Å²) in [5, 5.41) is 7.44. The molecule has 3 aromatic heterocycles. The molecule has 9 aromatic carbocycles. The van der Waals surface area contributed by atoms with Gasteiger partial charge in [0.25, 0.3) is 0 Å². The molecule has 0 amide bonds. The second-order valence-electron chi connectivity index (χ2n) is 15.9. The van der Waals surface area contributed by atoms with Crippen LogP contribution in [0.2, 0.25) is 0 Å². The molecule has 3 heterocycles. The second kappa shape index (κ2) is 12.7. The minimum Gasteiger partial charge on any atom is -0.309 e. The number of rotatable bonds is 5. The Labute approximate surface area is 346 Å². The summed E-state index contributed by atoms with van der Waals surface area (Å²) in [6, 6.07) is 77.4. The maximum atomic E-state index is 5.32. The molecule has 3 nitrogen and oxygen atoms in total. The molecule has 0 saturated carbocycles. The molecule has 0 saturated heterocycles. The number of para-hydroxylation sites is 3. The summed E-state index contributed by atoms with van der Waals surface area (Å²) < 4.78 is 4.79. The zero-order valence-electron chi connectivity index (χ0n) is 32.5. The van der Waals surface area contributed by atoms with Crippen molar-refractivity contribution in [1.29, 1.82) is 0 Å². The van der Waals surface area contributed by atoms with Crippen LogP contribution in [-0.4, -0.2) is 14.1 Å². The summed E-state index contributed by atoms with van der Waals surface area (Å²) in [4.78, 5) is 5.32. The average Bonchev–Trinajstić information content (AvgIpc) is 3.95. The highest BCUT2D eigenvalue weighted by molar-refractivity contribution is 6.15. The second-order valence-corrected chi connectivity index (χ2v) is 15.9. The molecule has 13 rings (SSSR count). The van der Waals surface area contributed by atoms with Gasteiger partial charge < -0.3 is 9.13 Å². The molecule has 278 valence electrons. The van der Waals surface area contributed by atoms with Crippen molar-refractivity contribution in [3.8, 4) is 67.3 Å². The zero-order valence-corrected chi connectivity index (χ0v) is 32.5. The lowest BCUT2D eigenvalue weighted by atomic mass is 9.98. The number of hydrogen-bond acceptors (Lipinski definition) is 1. The van der Waals surface area contributed by atoms with E-state index in [-0.39, 0.29) is 0 Å². The van der Waals surface area contributed by atoms with E-state index in [1.54, 1.807) is 0 Å². The molecule has 60 heavy (non-hydrogen) atoms. The Morgan fingerprint density at radius 1 is 0.300 bits per heavy atom. The minimum atomic E-state index is 0.989. The first-order valence-electron chi connectivity index (χ1n) is 20.6. The Bertz CT molecular complexity index is 3700. The quantitative estimate of drug-likeness (QED) is 0.171. The fourth-order valence-electron chi connectivity index (χ4n) is 9.90. The van der Waals surface area contributed by atoms with Gasteiger partial charge in [-0.2, -0.15) is 0 Å². The Balaban J connectivity index is 0.949. The summed E-state index contributed by atoms with van der Waals surface area (Å²) in [6.45, 7) is 0. The summed E-state index contributed by atoms with van der Waals surface area (Å²) in [6.07, 6.45) is 0. The maximum absolute atomic E-state index is 5.32. The lowest BCUT2D eigenvalue weighted by Gasteiger charge is -2.11. The van der Waals surface area contributed by atoms with E-state index in [0.717, 1.165) is 28.2 Å². The molecule has 1 aliphatic rings. The fraction of sp³-hybridized carbons (Fsp3) is 0. The van der Waals surface area contributed by atoms with Crippen LogP contribution in [0.15, 0.2) is 212 Å². The summed E-state index contributed by atoms with van der Waals surface area (Å²) in [7, 11) is 0. The third-order valence-corrected chi connectivity index (χ3v) is 12.6. The SMILES string of the molecule is c1ccc(-n2c3ccccc3c3cc(-c4ccc5c(c4)c4ccc(-c6cccc(-c7cc8cccc9c8c(n7)-c7ccccc7-9)c6)cc4n5-c4ccccc4)ccc32)cc1. The van der Waals surface area contributed by atoms with Crippen LogP contribution in [0, 0.1) is 0 Å². The number of fused-ring (bicyclic) bond motifs is 9. The summed E-state index contributed by atoms with van der Waals surface area (Å²) in [5.41, 5.74) is 18.7. The fourth-order valence-corrected chi connectivity index (χ4v) is 9.90. The van der Waals surface area contributed by atoms with Gasteiger partial charge in [-0.05, 0) is 112 Å². The number of hydrogen-bond donors (Lipinski definition) is 0. The van der Waals surface area contributed by atoms with Crippen LogP contribution in [0.3, 0.4) is 0 Å². The molecule has 0 fully saturated rings. The largest absolute Gasteiger partial charge is 0.309 e. The van der Waals surface area contributed by atoms with Crippen LogP contribution in [0.25, 0.3) is 122 Å². The lowest BCUT2D eigenvalue weighted by Crippen LogP contribution is -1.93. The molecule has 0 radical (unpaired) electrons. The third-order valence-electron chi connectivity index (χ3n) is 12.6. The highest BCUT2D eigenvalue weighted by Gasteiger charge is 2.23. The lowest BCUT2D eigenvalue weighted by molar-refractivity contribution is 1.18. The van der Waals surface area contributed by atoms with Crippen LogP contribution >= 0.6 is 0 Å². The van der Waals surface area contributed by atoms with Gasteiger partial charge in [0.05, 0.1) is 33.5 Å². The standard InChI is InChI=1S/C57H35N3/c1-3-16-42(17-4-1)59-52-24-10-9-21-45(52)49-32-37(26-29-53(49)59)38-27-30-54-50(33-38)46-28-25-39(35-55(46)60(54)43-18-5-2-6-19-43)36-13-11-14-40(31-36)51-34-41-15-12-23-47-44-20-7-8-22-48(44)57(58-51)56(41)47/h1-35H. The van der Waals surface area contributed by atoms with Gasteiger partial charge in [-0.25, -0.2) is 4.98 Å². The molecule has 1 aliphatic carbocycles. The highest BCUT2D eigenvalue weighted by Crippen LogP contribution is 2.47. The molecule has 0 N–H and O–H groups in total. The Morgan fingerprint density at radius 3 is 1.58 bits per heavy atom. The van der Waals surface area contributed by atoms with Crippen molar-refractivity contribution < 1.29 is 0 Å². The van der Waals surface area contributed by atoms with Crippen molar-refractivity contribution in [1.82, 2.24) is 14.1 Å². The highest BCUT2D eigenvalue weighted by atomic mass is 15.0. The van der Waals surface area contributed by atoms with Crippen molar-refractivity contribution in [3.05, 3.63) is 212 Å². The Kier molecular flexibility index (Phi) is 7.01. The normalized spacial score (nSPS) is 12.0. The zero-order chi connectivity index (χ0) is 39.3. The van der Waals surface area contributed by atoms with Crippen molar-refractivity contribution in [2.45, 2.75) is 0 Å². The van der Waals surface area contributed by atoms with Crippen LogP contribution in [0.4, 0.5) is 0 Å². The molecule has 0 unspecified atom stereocenters. The van der Waals surface area contributed by atoms with E-state index in [2.05, 4.69) is 221 Å². The Hall–Kier alpha value is -8.01. The van der Waals surface area contributed by atoms with Crippen molar-refractivity contribution in [3.63, 3.8) is 0 Å². The molecule has 0 atom stereocenters. The molecule has 12 aromatic rings. The number of pyridine rings is 1. The first kappa shape index (κ1) is 33.0. The van der Waals surface area contributed by atoms with Gasteiger partial charge >= 0.3 is 0 Å². The number of nitrogens with zero attached hydrogens (tertiary/aromatic N) is 3. The van der Waals surface area contributed by atoms with E-state index < -0.39 is 0 Å². The van der Waals surface area contributed by atoms with Crippen LogP contribution < -0.4 is 0 Å². The number of benzene rings is 9. The third kappa shape index (κ3) is 4.87. The molecule has 0 bridgehead atoms. The van der Waals surface area contributed by atoms with E-state index in [1.807, 2.05) is 0 Å². The minimum absolute atomic E-state index is 0.989. The molecular formula is C57H35N3. The smallest absolute Gasteiger partial charge is 0.0800 e. The Morgan fingerprint density at radius 2 is 0.833 bits per heavy atom. The molecule has 3 heteroatoms. The van der Waals surface area contributed by atoms with Crippen molar-refractivity contribution in [2.75, 3.05) is 0 Å². The van der Waals surface area contributed by atoms with Gasteiger partial charge in [-0.1, -0.05) is 140 Å². The molecular weight excluding hydrogens is 727 g/mol. The van der Waals surface area contributed by atoms with Gasteiger partial charge in [0.1, 0.15) is 0 Å². The molecule has 0 aliphatic heterocycles. The van der Waals surface area contributed by atoms with Gasteiger partial charge in [0.2, 0.25) is 0 Å². The van der Waals surface area contributed by atoms with Crippen LogP contribution in [-0.2, 0) is 0 Å². The number of aromatic nitrogens is 3. The van der Waals surface area contributed by atoms with Gasteiger partial charge in [-0.3, -0.25) is 0 Å². The van der Waals surface area contributed by atoms with E-state index in [1.165, 1.54) is 93.5 Å². The first-order chi connectivity index (χ1) is 29.7. The summed E-state index contributed by atoms with van der Waals surface area (Å²) in [5.74, 6) is 0. The van der Waals surface area contributed by atoms with E-state index in [0.29, 0.717) is 0 Å².